The minimum atomic E-state index is -0.697. The number of rotatable bonds is 4. The van der Waals surface area contributed by atoms with Gasteiger partial charge in [0, 0.05) is 44.2 Å². The maximum atomic E-state index is 10.5. The van der Waals surface area contributed by atoms with Gasteiger partial charge >= 0.3 is 0 Å². The van der Waals surface area contributed by atoms with Gasteiger partial charge in [0.05, 0.1) is 28.6 Å². The molecule has 0 bridgehead atoms. The van der Waals surface area contributed by atoms with E-state index in [9.17, 15) is 5.11 Å². The molecule has 0 unspecified atom stereocenters. The van der Waals surface area contributed by atoms with E-state index in [2.05, 4.69) is 31.8 Å². The molecule has 1 atom stereocenters. The Kier molecular flexibility index (Phi) is 5.26. The summed E-state index contributed by atoms with van der Waals surface area (Å²) in [6.07, 6.45) is 7.40. The van der Waals surface area contributed by atoms with Crippen molar-refractivity contribution >= 4 is 24.2 Å². The molecule has 1 aliphatic heterocycles. The average molecular weight is 406 g/mol. The average Bonchev–Trinajstić information content (AvgIpc) is 3.31. The fraction of sp³-hybridized carbons (Fsp3) is 0.364. The van der Waals surface area contributed by atoms with Crippen LogP contribution < -0.4 is 15.5 Å². The summed E-state index contributed by atoms with van der Waals surface area (Å²) in [5.74, 6) is 0.837. The predicted molar refractivity (Wildman–Crippen MR) is 119 cm³/mol. The third-order valence-corrected chi connectivity index (χ3v) is 5.38. The molecule has 0 aromatic carbocycles. The molecule has 0 aliphatic carbocycles. The minimum Gasteiger partial charge on any atom is -0.388 e. The van der Waals surface area contributed by atoms with Gasteiger partial charge in [-0.25, -0.2) is 4.98 Å². The molecule has 1 fully saturated rings. The summed E-state index contributed by atoms with van der Waals surface area (Å²) < 4.78 is 1.74. The lowest BCUT2D eigenvalue weighted by atomic mass is 9.95. The summed E-state index contributed by atoms with van der Waals surface area (Å²) in [6, 6.07) is 5.88. The predicted octanol–water partition coefficient (Wildman–Crippen LogP) is 0.866. The monoisotopic (exact) mass is 405 g/mol. The summed E-state index contributed by atoms with van der Waals surface area (Å²) >= 11 is 0. The maximum Gasteiger partial charge on any atom is 0.129 e. The van der Waals surface area contributed by atoms with Crippen LogP contribution in [0.3, 0.4) is 0 Å². The van der Waals surface area contributed by atoms with Gasteiger partial charge in [0.15, 0.2) is 0 Å². The van der Waals surface area contributed by atoms with Crippen molar-refractivity contribution in [2.75, 3.05) is 25.0 Å². The number of aliphatic hydroxyl groups is 1. The van der Waals surface area contributed by atoms with Gasteiger partial charge in [0.2, 0.25) is 0 Å². The summed E-state index contributed by atoms with van der Waals surface area (Å²) in [7, 11) is 3.63. The molecule has 1 aliphatic rings. The molecule has 4 heterocycles. The molecule has 1 saturated heterocycles. The second-order valence-electron chi connectivity index (χ2n) is 8.02. The molecule has 156 valence electrons. The zero-order chi connectivity index (χ0) is 21.3. The maximum absolute atomic E-state index is 10.5. The number of H-pyrrole nitrogens is 1. The molecule has 0 radical (unpaired) electrons. The molecule has 8 heteroatoms. The van der Waals surface area contributed by atoms with Crippen LogP contribution in [0.2, 0.25) is 0 Å². The Morgan fingerprint density at radius 2 is 2.23 bits per heavy atom. The lowest BCUT2D eigenvalue weighted by Gasteiger charge is -2.37. The molecule has 0 amide bonds. The molecule has 3 aromatic heterocycles. The van der Waals surface area contributed by atoms with Crippen molar-refractivity contribution in [1.82, 2.24) is 25.0 Å². The van der Waals surface area contributed by atoms with Gasteiger partial charge in [0.1, 0.15) is 11.5 Å². The second-order valence-corrected chi connectivity index (χ2v) is 8.02. The van der Waals surface area contributed by atoms with Crippen molar-refractivity contribution in [1.29, 1.82) is 0 Å². The number of aromatic amines is 1. The Morgan fingerprint density at radius 1 is 1.40 bits per heavy atom. The highest BCUT2D eigenvalue weighted by molar-refractivity contribution is 6.20. The number of aromatic nitrogens is 5. The molecule has 30 heavy (non-hydrogen) atoms. The van der Waals surface area contributed by atoms with Crippen molar-refractivity contribution in [3.63, 3.8) is 0 Å². The van der Waals surface area contributed by atoms with E-state index in [0.717, 1.165) is 53.1 Å². The fourth-order valence-corrected chi connectivity index (χ4v) is 3.85. The van der Waals surface area contributed by atoms with Crippen molar-refractivity contribution in [3.05, 3.63) is 46.7 Å². The number of piperidine rings is 1. The number of β-amino-alcohol motifs (C(OH)–C–C–N with tert-alkyl or cyclic N) is 1. The zero-order valence-corrected chi connectivity index (χ0v) is 17.6. The summed E-state index contributed by atoms with van der Waals surface area (Å²) in [5, 5.41) is 23.7. The lowest BCUT2D eigenvalue weighted by Crippen LogP contribution is -2.46. The van der Waals surface area contributed by atoms with Crippen LogP contribution in [0, 0.1) is 0 Å². The number of nitrogens with zero attached hydrogens (tertiary/aromatic N) is 6. The van der Waals surface area contributed by atoms with E-state index in [4.69, 9.17) is 4.98 Å². The Bertz CT molecular complexity index is 1190. The number of anilines is 1. The number of hydrogen-bond donors (Lipinski definition) is 2. The Labute approximate surface area is 175 Å². The minimum absolute atomic E-state index is 0.567. The third-order valence-electron chi connectivity index (χ3n) is 5.38. The van der Waals surface area contributed by atoms with Crippen LogP contribution in [0.15, 0.2) is 35.6 Å². The number of pyridine rings is 1. The largest absolute Gasteiger partial charge is 0.388 e. The van der Waals surface area contributed by atoms with Gasteiger partial charge in [-0.3, -0.25) is 14.8 Å². The molecule has 8 nitrogen and oxygen atoms in total. The summed E-state index contributed by atoms with van der Waals surface area (Å²) in [4.78, 5) is 11.4. The van der Waals surface area contributed by atoms with Crippen LogP contribution in [0.25, 0.3) is 24.0 Å². The van der Waals surface area contributed by atoms with Crippen LogP contribution in [-0.2, 0) is 7.05 Å². The van der Waals surface area contributed by atoms with E-state index in [1.54, 1.807) is 17.9 Å². The van der Waals surface area contributed by atoms with Gasteiger partial charge < -0.3 is 10.0 Å². The third kappa shape index (κ3) is 4.04. The van der Waals surface area contributed by atoms with Gasteiger partial charge in [-0.1, -0.05) is 12.6 Å². The van der Waals surface area contributed by atoms with Crippen molar-refractivity contribution in [3.8, 4) is 11.4 Å². The normalized spacial score (nSPS) is 20.7. The van der Waals surface area contributed by atoms with Gasteiger partial charge in [0.25, 0.3) is 0 Å². The lowest BCUT2D eigenvalue weighted by molar-refractivity contribution is 0.0447. The van der Waals surface area contributed by atoms with Crippen molar-refractivity contribution in [2.45, 2.75) is 25.4 Å². The highest BCUT2D eigenvalue weighted by atomic mass is 16.3. The van der Waals surface area contributed by atoms with Crippen LogP contribution in [0.4, 0.5) is 5.82 Å². The molecule has 2 N–H and O–H groups in total. The van der Waals surface area contributed by atoms with Crippen molar-refractivity contribution < 1.29 is 5.11 Å². The molecular formula is C22H27N7O. The highest BCUT2D eigenvalue weighted by Crippen LogP contribution is 2.25. The summed E-state index contributed by atoms with van der Waals surface area (Å²) in [6.45, 7) is 7.41. The molecular weight excluding hydrogens is 378 g/mol. The van der Waals surface area contributed by atoms with Crippen LogP contribution in [-0.4, -0.2) is 61.5 Å². The summed E-state index contributed by atoms with van der Waals surface area (Å²) in [5.41, 5.74) is 2.48. The van der Waals surface area contributed by atoms with E-state index in [1.165, 1.54) is 0 Å². The second kappa shape index (κ2) is 7.87. The molecule has 4 rings (SSSR count). The van der Waals surface area contributed by atoms with Crippen LogP contribution in [0.5, 0.6) is 0 Å². The Balaban J connectivity index is 1.74. The van der Waals surface area contributed by atoms with Gasteiger partial charge in [-0.2, -0.15) is 10.2 Å². The first-order valence-corrected chi connectivity index (χ1v) is 10.0. The Morgan fingerprint density at radius 3 is 2.93 bits per heavy atom. The van der Waals surface area contributed by atoms with E-state index >= 15 is 0 Å². The quantitative estimate of drug-likeness (QED) is 0.628. The Hall–Kier alpha value is -3.26. The van der Waals surface area contributed by atoms with E-state index in [0.29, 0.717) is 11.9 Å². The molecule has 0 saturated carbocycles. The first-order chi connectivity index (χ1) is 14.4. The number of hydrogen-bond acceptors (Lipinski definition) is 6. The SMILES string of the molecule is C=c1[nH]nc(-c2cccc(N3CCC[C@@](C)(O)C3)n2)/c1=C/C(=NC)c1cnn(C)c1. The first kappa shape index (κ1) is 20.0. The van der Waals surface area contributed by atoms with Gasteiger partial charge in [-0.05, 0) is 38.0 Å². The highest BCUT2D eigenvalue weighted by Gasteiger charge is 2.29. The fourth-order valence-electron chi connectivity index (χ4n) is 3.85. The number of aliphatic imine (C=N–C) groups is 1. The van der Waals surface area contributed by atoms with E-state index < -0.39 is 5.60 Å². The smallest absolute Gasteiger partial charge is 0.129 e. The standard InChI is InChI=1S/C22H27N7O/c1-15-17(11-19(23-3)16-12-24-28(4)13-16)21(27-26-15)18-7-5-8-20(25-18)29-10-6-9-22(2,30)14-29/h5,7-8,11-13,26,30H,1,6,9-10,14H2,2-4H3/b17-11+,23-19?/t22-/m1/s1. The molecule has 3 aromatic rings. The number of aryl methyl sites for hydroxylation is 1. The van der Waals surface area contributed by atoms with Crippen LogP contribution >= 0.6 is 0 Å². The van der Waals surface area contributed by atoms with Crippen LogP contribution in [0.1, 0.15) is 25.3 Å². The molecule has 0 spiro atoms. The van der Waals surface area contributed by atoms with E-state index in [1.807, 2.05) is 44.4 Å². The van der Waals surface area contributed by atoms with Crippen molar-refractivity contribution in [2.24, 2.45) is 12.0 Å². The topological polar surface area (TPSA) is 95.2 Å². The first-order valence-electron chi connectivity index (χ1n) is 10.0. The number of nitrogens with one attached hydrogen (secondary N) is 1. The van der Waals surface area contributed by atoms with E-state index in [-0.39, 0.29) is 0 Å². The zero-order valence-electron chi connectivity index (χ0n) is 17.6. The van der Waals surface area contributed by atoms with Gasteiger partial charge in [-0.15, -0.1) is 0 Å².